The number of aryl methyl sites for hydroxylation is 1. The normalized spacial score (nSPS) is 12.9. The summed E-state index contributed by atoms with van der Waals surface area (Å²) >= 11 is 1.82. The molecule has 0 spiro atoms. The van der Waals surface area contributed by atoms with Gasteiger partial charge in [-0.15, -0.1) is 11.3 Å². The van der Waals surface area contributed by atoms with Crippen molar-refractivity contribution in [1.29, 1.82) is 0 Å². The van der Waals surface area contributed by atoms with Crippen LogP contribution in [0.3, 0.4) is 0 Å². The van der Waals surface area contributed by atoms with Gasteiger partial charge >= 0.3 is 0 Å². The quantitative estimate of drug-likeness (QED) is 0.861. The molecule has 0 bridgehead atoms. The van der Waals surface area contributed by atoms with Crippen molar-refractivity contribution in [2.45, 2.75) is 25.9 Å². The summed E-state index contributed by atoms with van der Waals surface area (Å²) in [5.74, 6) is 0. The molecule has 0 saturated carbocycles. The maximum Gasteiger partial charge on any atom is 0.0518 e. The molecule has 2 heterocycles. The van der Waals surface area contributed by atoms with Crippen LogP contribution in [0.5, 0.6) is 0 Å². The summed E-state index contributed by atoms with van der Waals surface area (Å²) in [6, 6.07) is 6.83. The first-order valence-electron chi connectivity index (χ1n) is 5.48. The number of nitrogens with one attached hydrogen (secondary N) is 1. The molecule has 4 heteroatoms. The van der Waals surface area contributed by atoms with Crippen LogP contribution >= 0.6 is 11.3 Å². The number of nitrogens with zero attached hydrogens (tertiary/aromatic N) is 2. The highest BCUT2D eigenvalue weighted by atomic mass is 32.1. The Balaban J connectivity index is 1.80. The van der Waals surface area contributed by atoms with Crippen molar-refractivity contribution in [2.75, 3.05) is 0 Å². The third-order valence-corrected chi connectivity index (χ3v) is 3.54. The molecule has 0 aromatic carbocycles. The molecule has 0 aliphatic heterocycles. The van der Waals surface area contributed by atoms with Crippen molar-refractivity contribution in [2.24, 2.45) is 7.05 Å². The molecular formula is C12H17N3S. The lowest BCUT2D eigenvalue weighted by Gasteiger charge is -2.12. The lowest BCUT2D eigenvalue weighted by Crippen LogP contribution is -2.28. The fraction of sp³-hybridized carbons (Fsp3) is 0.417. The summed E-state index contributed by atoms with van der Waals surface area (Å²) in [7, 11) is 1.97. The molecule has 0 fully saturated rings. The summed E-state index contributed by atoms with van der Waals surface area (Å²) in [4.78, 5) is 1.44. The number of aromatic nitrogens is 2. The molecule has 16 heavy (non-hydrogen) atoms. The monoisotopic (exact) mass is 235 g/mol. The Kier molecular flexibility index (Phi) is 3.74. The Hall–Kier alpha value is -1.13. The van der Waals surface area contributed by atoms with E-state index in [1.165, 1.54) is 10.6 Å². The second kappa shape index (κ2) is 5.27. The highest BCUT2D eigenvalue weighted by molar-refractivity contribution is 7.09. The molecule has 1 unspecified atom stereocenters. The first-order chi connectivity index (χ1) is 7.75. The van der Waals surface area contributed by atoms with Crippen molar-refractivity contribution in [1.82, 2.24) is 15.1 Å². The minimum Gasteiger partial charge on any atom is -0.308 e. The van der Waals surface area contributed by atoms with E-state index in [9.17, 15) is 0 Å². The summed E-state index contributed by atoms with van der Waals surface area (Å²) in [5.41, 5.74) is 1.22. The Labute approximate surface area is 100 Å². The van der Waals surface area contributed by atoms with E-state index in [0.29, 0.717) is 6.04 Å². The van der Waals surface area contributed by atoms with E-state index in [0.717, 1.165) is 13.0 Å². The lowest BCUT2D eigenvalue weighted by molar-refractivity contribution is 0.528. The molecule has 1 N–H and O–H groups in total. The van der Waals surface area contributed by atoms with Crippen LogP contribution in [0.4, 0.5) is 0 Å². The molecule has 2 rings (SSSR count). The van der Waals surface area contributed by atoms with Gasteiger partial charge in [0.1, 0.15) is 0 Å². The van der Waals surface area contributed by atoms with Crippen LogP contribution in [-0.2, 0) is 20.0 Å². The summed E-state index contributed by atoms with van der Waals surface area (Å²) in [5, 5.41) is 9.79. The number of rotatable bonds is 5. The van der Waals surface area contributed by atoms with Crippen LogP contribution in [-0.4, -0.2) is 15.8 Å². The van der Waals surface area contributed by atoms with Crippen LogP contribution in [0.15, 0.2) is 29.8 Å². The van der Waals surface area contributed by atoms with Crippen LogP contribution in [0.25, 0.3) is 0 Å². The van der Waals surface area contributed by atoms with Gasteiger partial charge in [0, 0.05) is 30.7 Å². The van der Waals surface area contributed by atoms with E-state index in [1.807, 2.05) is 35.3 Å². The largest absolute Gasteiger partial charge is 0.308 e. The van der Waals surface area contributed by atoms with Gasteiger partial charge in [0.15, 0.2) is 0 Å². The third kappa shape index (κ3) is 2.93. The number of hydrogen-bond acceptors (Lipinski definition) is 3. The molecule has 0 saturated heterocycles. The van der Waals surface area contributed by atoms with Gasteiger partial charge in [0.25, 0.3) is 0 Å². The summed E-state index contributed by atoms with van der Waals surface area (Å²) in [6.07, 6.45) is 2.93. The zero-order chi connectivity index (χ0) is 11.4. The van der Waals surface area contributed by atoms with Gasteiger partial charge in [-0.1, -0.05) is 6.07 Å². The van der Waals surface area contributed by atoms with Crippen molar-refractivity contribution >= 4 is 11.3 Å². The van der Waals surface area contributed by atoms with E-state index in [2.05, 4.69) is 34.9 Å². The highest BCUT2D eigenvalue weighted by Gasteiger charge is 2.05. The molecule has 3 nitrogen and oxygen atoms in total. The van der Waals surface area contributed by atoms with E-state index < -0.39 is 0 Å². The molecule has 2 aromatic heterocycles. The molecule has 0 aliphatic rings. The maximum atomic E-state index is 4.15. The van der Waals surface area contributed by atoms with Gasteiger partial charge < -0.3 is 5.32 Å². The lowest BCUT2D eigenvalue weighted by atomic mass is 10.2. The topological polar surface area (TPSA) is 29.9 Å². The van der Waals surface area contributed by atoms with Crippen LogP contribution in [0, 0.1) is 0 Å². The van der Waals surface area contributed by atoms with Crippen LogP contribution < -0.4 is 5.32 Å². The smallest absolute Gasteiger partial charge is 0.0518 e. The molecule has 86 valence electrons. The van der Waals surface area contributed by atoms with Gasteiger partial charge in [-0.2, -0.15) is 5.10 Å². The average molecular weight is 235 g/mol. The predicted octanol–water partition coefficient (Wildman–Crippen LogP) is 2.20. The van der Waals surface area contributed by atoms with E-state index in [4.69, 9.17) is 0 Å². The van der Waals surface area contributed by atoms with E-state index >= 15 is 0 Å². The minimum absolute atomic E-state index is 0.494. The third-order valence-electron chi connectivity index (χ3n) is 2.64. The number of hydrogen-bond donors (Lipinski definition) is 1. The summed E-state index contributed by atoms with van der Waals surface area (Å²) < 4.78 is 1.91. The van der Waals surface area contributed by atoms with Crippen molar-refractivity contribution < 1.29 is 0 Å². The highest BCUT2D eigenvalue weighted by Crippen LogP contribution is 2.11. The van der Waals surface area contributed by atoms with Gasteiger partial charge in [0.05, 0.1) is 5.69 Å². The van der Waals surface area contributed by atoms with Crippen LogP contribution in [0.2, 0.25) is 0 Å². The van der Waals surface area contributed by atoms with Crippen molar-refractivity contribution in [3.05, 3.63) is 40.3 Å². The molecule has 0 radical (unpaired) electrons. The molecule has 0 aliphatic carbocycles. The zero-order valence-electron chi connectivity index (χ0n) is 9.68. The summed E-state index contributed by atoms with van der Waals surface area (Å²) in [6.45, 7) is 3.10. The fourth-order valence-electron chi connectivity index (χ4n) is 1.66. The molecule has 2 aromatic rings. The SMILES string of the molecule is CC(Cc1cccs1)NCc1ccnn1C. The van der Waals surface area contributed by atoms with Gasteiger partial charge in [0.2, 0.25) is 0 Å². The van der Waals surface area contributed by atoms with E-state index in [1.54, 1.807) is 0 Å². The first kappa shape index (κ1) is 11.4. The number of thiophene rings is 1. The Bertz CT molecular complexity index is 419. The molecular weight excluding hydrogens is 218 g/mol. The van der Waals surface area contributed by atoms with Crippen molar-refractivity contribution in [3.8, 4) is 0 Å². The Morgan fingerprint density at radius 1 is 1.50 bits per heavy atom. The van der Waals surface area contributed by atoms with Crippen molar-refractivity contribution in [3.63, 3.8) is 0 Å². The second-order valence-electron chi connectivity index (χ2n) is 4.01. The second-order valence-corrected chi connectivity index (χ2v) is 5.04. The first-order valence-corrected chi connectivity index (χ1v) is 6.36. The Morgan fingerprint density at radius 2 is 2.38 bits per heavy atom. The van der Waals surface area contributed by atoms with Crippen LogP contribution in [0.1, 0.15) is 17.5 Å². The molecule has 0 amide bonds. The average Bonchev–Trinajstić information content (AvgIpc) is 2.87. The van der Waals surface area contributed by atoms with Gasteiger partial charge in [-0.05, 0) is 30.9 Å². The van der Waals surface area contributed by atoms with Gasteiger partial charge in [-0.25, -0.2) is 0 Å². The minimum atomic E-state index is 0.494. The fourth-order valence-corrected chi connectivity index (χ4v) is 2.49. The van der Waals surface area contributed by atoms with E-state index in [-0.39, 0.29) is 0 Å². The predicted molar refractivity (Wildman–Crippen MR) is 67.5 cm³/mol. The standard InChI is InChI=1S/C12H17N3S/c1-10(8-12-4-3-7-16-12)13-9-11-5-6-14-15(11)2/h3-7,10,13H,8-9H2,1-2H3. The zero-order valence-corrected chi connectivity index (χ0v) is 10.5. The maximum absolute atomic E-state index is 4.15. The van der Waals surface area contributed by atoms with Gasteiger partial charge in [-0.3, -0.25) is 4.68 Å². The molecule has 1 atom stereocenters. The Morgan fingerprint density at radius 3 is 3.00 bits per heavy atom.